The highest BCUT2D eigenvalue weighted by Crippen LogP contribution is 2.10. The standard InChI is InChI=1S/C10H11NO3.C2H6/c1-14-10(13)9(11)6-7-2-4-8(12)5-3-7;1-2/h2-5,11-12H,6H2,1H3;1-2H3. The normalized spacial score (nSPS) is 8.69. The third-order valence-corrected chi connectivity index (χ3v) is 1.75. The fourth-order valence-electron chi connectivity index (χ4n) is 1.01. The lowest BCUT2D eigenvalue weighted by Gasteiger charge is -2.01. The molecule has 4 heteroatoms. The Kier molecular flexibility index (Phi) is 6.59. The van der Waals surface area contributed by atoms with E-state index in [1.165, 1.54) is 19.2 Å². The van der Waals surface area contributed by atoms with Crippen molar-refractivity contribution in [3.05, 3.63) is 29.8 Å². The lowest BCUT2D eigenvalue weighted by atomic mass is 10.1. The zero-order valence-corrected chi connectivity index (χ0v) is 9.78. The number of benzene rings is 1. The first-order valence-corrected chi connectivity index (χ1v) is 5.07. The Balaban J connectivity index is 0.00000106. The maximum absolute atomic E-state index is 10.9. The second-order valence-electron chi connectivity index (χ2n) is 2.81. The van der Waals surface area contributed by atoms with Gasteiger partial charge < -0.3 is 9.84 Å². The highest BCUT2D eigenvalue weighted by atomic mass is 16.5. The van der Waals surface area contributed by atoms with Gasteiger partial charge >= 0.3 is 5.97 Å². The van der Waals surface area contributed by atoms with E-state index in [-0.39, 0.29) is 17.9 Å². The van der Waals surface area contributed by atoms with Crippen LogP contribution in [0, 0.1) is 5.41 Å². The molecule has 1 rings (SSSR count). The molecule has 0 amide bonds. The van der Waals surface area contributed by atoms with Crippen molar-refractivity contribution >= 4 is 11.7 Å². The third-order valence-electron chi connectivity index (χ3n) is 1.75. The van der Waals surface area contributed by atoms with E-state index in [1.54, 1.807) is 12.1 Å². The predicted octanol–water partition coefficient (Wildman–Crippen LogP) is 2.15. The molecule has 0 heterocycles. The lowest BCUT2D eigenvalue weighted by Crippen LogP contribution is -2.16. The summed E-state index contributed by atoms with van der Waals surface area (Å²) < 4.78 is 4.40. The summed E-state index contributed by atoms with van der Waals surface area (Å²) in [5.74, 6) is -0.462. The van der Waals surface area contributed by atoms with Gasteiger partial charge in [0.05, 0.1) is 7.11 Å². The number of aromatic hydroxyl groups is 1. The van der Waals surface area contributed by atoms with E-state index >= 15 is 0 Å². The Labute approximate surface area is 95.4 Å². The first-order valence-electron chi connectivity index (χ1n) is 5.07. The van der Waals surface area contributed by atoms with Crippen molar-refractivity contribution < 1.29 is 14.6 Å². The molecule has 0 bridgehead atoms. The Hall–Kier alpha value is -1.84. The number of hydrogen-bond acceptors (Lipinski definition) is 4. The molecule has 2 N–H and O–H groups in total. The van der Waals surface area contributed by atoms with E-state index < -0.39 is 5.97 Å². The number of nitrogens with one attached hydrogen (secondary N) is 1. The second-order valence-corrected chi connectivity index (χ2v) is 2.81. The molecule has 88 valence electrons. The number of ether oxygens (including phenoxy) is 1. The molecule has 0 saturated heterocycles. The van der Waals surface area contributed by atoms with Crippen LogP contribution < -0.4 is 0 Å². The van der Waals surface area contributed by atoms with Gasteiger partial charge in [-0.15, -0.1) is 0 Å². The summed E-state index contributed by atoms with van der Waals surface area (Å²) in [5, 5.41) is 16.3. The summed E-state index contributed by atoms with van der Waals surface area (Å²) in [6.45, 7) is 4.00. The molecule has 0 spiro atoms. The fourth-order valence-corrected chi connectivity index (χ4v) is 1.01. The van der Waals surface area contributed by atoms with Crippen LogP contribution in [0.1, 0.15) is 19.4 Å². The molecule has 0 atom stereocenters. The number of phenols is 1. The predicted molar refractivity (Wildman–Crippen MR) is 62.9 cm³/mol. The number of phenolic OH excluding ortho intramolecular Hbond substituents is 1. The van der Waals surface area contributed by atoms with E-state index in [1.807, 2.05) is 13.8 Å². The molecule has 0 fully saturated rings. The minimum Gasteiger partial charge on any atom is -0.508 e. The largest absolute Gasteiger partial charge is 0.508 e. The number of carbonyl (C=O) groups is 1. The molecule has 1 aromatic carbocycles. The van der Waals surface area contributed by atoms with Gasteiger partial charge in [0.25, 0.3) is 0 Å². The van der Waals surface area contributed by atoms with Crippen molar-refractivity contribution in [3.63, 3.8) is 0 Å². The minimum atomic E-state index is -0.627. The topological polar surface area (TPSA) is 70.4 Å². The Bertz CT molecular complexity index is 344. The average molecular weight is 223 g/mol. The zero-order valence-electron chi connectivity index (χ0n) is 9.78. The van der Waals surface area contributed by atoms with Crippen molar-refractivity contribution in [2.75, 3.05) is 7.11 Å². The number of methoxy groups -OCH3 is 1. The van der Waals surface area contributed by atoms with E-state index in [2.05, 4.69) is 4.74 Å². The molecule has 4 nitrogen and oxygen atoms in total. The highest BCUT2D eigenvalue weighted by Gasteiger charge is 2.09. The average Bonchev–Trinajstić information content (AvgIpc) is 2.33. The number of hydrogen-bond donors (Lipinski definition) is 2. The molecule has 0 aromatic heterocycles. The van der Waals surface area contributed by atoms with E-state index in [0.717, 1.165) is 5.56 Å². The van der Waals surface area contributed by atoms with E-state index in [4.69, 9.17) is 10.5 Å². The lowest BCUT2D eigenvalue weighted by molar-refractivity contribution is -0.132. The number of carbonyl (C=O) groups excluding carboxylic acids is 1. The summed E-state index contributed by atoms with van der Waals surface area (Å²) in [6, 6.07) is 6.35. The van der Waals surface area contributed by atoms with E-state index in [0.29, 0.717) is 0 Å². The number of rotatable bonds is 3. The maximum atomic E-state index is 10.9. The van der Waals surface area contributed by atoms with Crippen LogP contribution in [0.2, 0.25) is 0 Å². The van der Waals surface area contributed by atoms with Gasteiger partial charge in [-0.25, -0.2) is 4.79 Å². The summed E-state index contributed by atoms with van der Waals surface area (Å²) in [6.07, 6.45) is 0.215. The minimum absolute atomic E-state index is 0.0989. The summed E-state index contributed by atoms with van der Waals surface area (Å²) >= 11 is 0. The summed E-state index contributed by atoms with van der Waals surface area (Å²) in [5.41, 5.74) is 0.691. The van der Waals surface area contributed by atoms with Crippen molar-refractivity contribution in [1.82, 2.24) is 0 Å². The summed E-state index contributed by atoms with van der Waals surface area (Å²) in [7, 11) is 1.24. The van der Waals surface area contributed by atoms with Crippen LogP contribution in [0.4, 0.5) is 0 Å². The molecular weight excluding hydrogens is 206 g/mol. The van der Waals surface area contributed by atoms with Crippen LogP contribution in [0.3, 0.4) is 0 Å². The molecule has 0 radical (unpaired) electrons. The molecule has 0 aliphatic carbocycles. The first-order chi connectivity index (χ1) is 7.63. The van der Waals surface area contributed by atoms with Crippen LogP contribution in [-0.4, -0.2) is 23.9 Å². The van der Waals surface area contributed by atoms with Crippen LogP contribution in [0.5, 0.6) is 5.75 Å². The molecule has 16 heavy (non-hydrogen) atoms. The molecule has 0 aliphatic heterocycles. The van der Waals surface area contributed by atoms with Gasteiger partial charge in [-0.05, 0) is 17.7 Å². The Morgan fingerprint density at radius 3 is 2.25 bits per heavy atom. The third kappa shape index (κ3) is 4.59. The van der Waals surface area contributed by atoms with Gasteiger partial charge in [-0.3, -0.25) is 5.41 Å². The van der Waals surface area contributed by atoms with Gasteiger partial charge in [0.1, 0.15) is 11.5 Å². The molecule has 0 aliphatic rings. The van der Waals surface area contributed by atoms with Crippen molar-refractivity contribution in [3.8, 4) is 5.75 Å². The van der Waals surface area contributed by atoms with Crippen LogP contribution in [0.25, 0.3) is 0 Å². The molecule has 1 aromatic rings. The smallest absolute Gasteiger partial charge is 0.352 e. The maximum Gasteiger partial charge on any atom is 0.352 e. The first kappa shape index (κ1) is 14.2. The van der Waals surface area contributed by atoms with Crippen molar-refractivity contribution in [1.29, 1.82) is 5.41 Å². The SMILES string of the molecule is CC.COC(=O)C(=N)Cc1ccc(O)cc1. The second kappa shape index (κ2) is 7.45. The number of esters is 1. The van der Waals surface area contributed by atoms with Gasteiger partial charge in [-0.1, -0.05) is 26.0 Å². The van der Waals surface area contributed by atoms with Crippen LogP contribution >= 0.6 is 0 Å². The van der Waals surface area contributed by atoms with Gasteiger partial charge in [0, 0.05) is 6.42 Å². The monoisotopic (exact) mass is 223 g/mol. The fraction of sp³-hybridized carbons (Fsp3) is 0.333. The van der Waals surface area contributed by atoms with Crippen LogP contribution in [-0.2, 0) is 16.0 Å². The van der Waals surface area contributed by atoms with Gasteiger partial charge in [-0.2, -0.15) is 0 Å². The van der Waals surface area contributed by atoms with Crippen molar-refractivity contribution in [2.45, 2.75) is 20.3 Å². The van der Waals surface area contributed by atoms with E-state index in [9.17, 15) is 4.79 Å². The molecule has 0 unspecified atom stereocenters. The Morgan fingerprint density at radius 1 is 1.31 bits per heavy atom. The van der Waals surface area contributed by atoms with Crippen molar-refractivity contribution in [2.24, 2.45) is 0 Å². The van der Waals surface area contributed by atoms with Gasteiger partial charge in [0.2, 0.25) is 0 Å². The molecule has 0 saturated carbocycles. The zero-order chi connectivity index (χ0) is 12.6. The summed E-state index contributed by atoms with van der Waals surface area (Å²) in [4.78, 5) is 10.9. The van der Waals surface area contributed by atoms with Gasteiger partial charge in [0.15, 0.2) is 0 Å². The Morgan fingerprint density at radius 2 is 1.81 bits per heavy atom. The molecular formula is C12H17NO3. The highest BCUT2D eigenvalue weighted by molar-refractivity contribution is 6.35. The quantitative estimate of drug-likeness (QED) is 0.609. The van der Waals surface area contributed by atoms with Crippen LogP contribution in [0.15, 0.2) is 24.3 Å².